The summed E-state index contributed by atoms with van der Waals surface area (Å²) in [5.41, 5.74) is 8.59. The van der Waals surface area contributed by atoms with Crippen molar-refractivity contribution in [3.05, 3.63) is 35.4 Å². The Morgan fingerprint density at radius 1 is 1.26 bits per heavy atom. The molecule has 0 amide bonds. The third kappa shape index (κ3) is 5.31. The van der Waals surface area contributed by atoms with Gasteiger partial charge < -0.3 is 15.2 Å². The molecule has 3 unspecified atom stereocenters. The summed E-state index contributed by atoms with van der Waals surface area (Å²) in [5, 5.41) is 0. The van der Waals surface area contributed by atoms with Crippen LogP contribution in [-0.4, -0.2) is 25.4 Å². The molecule has 0 bridgehead atoms. The molecule has 0 aliphatic rings. The Kier molecular flexibility index (Phi) is 7.06. The lowest BCUT2D eigenvalue weighted by atomic mass is 9.99. The molecule has 0 radical (unpaired) electrons. The lowest BCUT2D eigenvalue weighted by Crippen LogP contribution is -2.33. The average molecular weight is 265 g/mol. The predicted molar refractivity (Wildman–Crippen MR) is 79.2 cm³/mol. The van der Waals surface area contributed by atoms with Crippen LogP contribution in [0.2, 0.25) is 0 Å². The van der Waals surface area contributed by atoms with Crippen LogP contribution in [0.3, 0.4) is 0 Å². The number of aryl methyl sites for hydroxylation is 1. The minimum atomic E-state index is -0.0691. The van der Waals surface area contributed by atoms with Crippen LogP contribution in [0.4, 0.5) is 0 Å². The maximum Gasteiger partial charge on any atom is 0.0980 e. The normalized spacial score (nSPS) is 16.1. The van der Waals surface area contributed by atoms with Gasteiger partial charge in [0.05, 0.1) is 18.8 Å². The molecule has 0 heterocycles. The summed E-state index contributed by atoms with van der Waals surface area (Å²) >= 11 is 0. The van der Waals surface area contributed by atoms with E-state index in [1.54, 1.807) is 0 Å². The van der Waals surface area contributed by atoms with Crippen molar-refractivity contribution in [2.24, 2.45) is 5.73 Å². The number of ether oxygens (including phenoxy) is 2. The van der Waals surface area contributed by atoms with Gasteiger partial charge in [0.25, 0.3) is 0 Å². The zero-order valence-corrected chi connectivity index (χ0v) is 12.6. The zero-order valence-electron chi connectivity index (χ0n) is 12.6. The Morgan fingerprint density at radius 2 is 2.00 bits per heavy atom. The lowest BCUT2D eigenvalue weighted by Gasteiger charge is -2.27. The van der Waals surface area contributed by atoms with E-state index < -0.39 is 0 Å². The largest absolute Gasteiger partial charge is 0.379 e. The van der Waals surface area contributed by atoms with Crippen molar-refractivity contribution in [3.63, 3.8) is 0 Å². The Morgan fingerprint density at radius 3 is 2.58 bits per heavy atom. The Bertz CT molecular complexity index is 368. The molecule has 3 nitrogen and oxygen atoms in total. The highest BCUT2D eigenvalue weighted by atomic mass is 16.5. The molecule has 1 aromatic carbocycles. The van der Waals surface area contributed by atoms with E-state index in [0.29, 0.717) is 13.2 Å². The molecule has 2 N–H and O–H groups in total. The van der Waals surface area contributed by atoms with Crippen LogP contribution in [0.5, 0.6) is 0 Å². The van der Waals surface area contributed by atoms with E-state index in [0.717, 1.165) is 12.0 Å². The van der Waals surface area contributed by atoms with E-state index in [9.17, 15) is 0 Å². The molecule has 19 heavy (non-hydrogen) atoms. The highest BCUT2D eigenvalue weighted by Crippen LogP contribution is 2.24. The van der Waals surface area contributed by atoms with Gasteiger partial charge in [-0.15, -0.1) is 0 Å². The number of hydrogen-bond acceptors (Lipinski definition) is 3. The standard InChI is InChI=1S/C16H27NO2/c1-5-15(17)16(19-13(4)11-18-6-2)14-9-7-8-12(3)10-14/h7-10,13,15-16H,5-6,11,17H2,1-4H3. The van der Waals surface area contributed by atoms with Crippen LogP contribution in [0.1, 0.15) is 44.4 Å². The van der Waals surface area contributed by atoms with E-state index in [2.05, 4.69) is 38.1 Å². The molecular formula is C16H27NO2. The van der Waals surface area contributed by atoms with E-state index in [1.807, 2.05) is 13.8 Å². The van der Waals surface area contributed by atoms with Crippen molar-refractivity contribution in [2.75, 3.05) is 13.2 Å². The van der Waals surface area contributed by atoms with Gasteiger partial charge in [0.1, 0.15) is 0 Å². The van der Waals surface area contributed by atoms with Gasteiger partial charge in [-0.2, -0.15) is 0 Å². The van der Waals surface area contributed by atoms with E-state index >= 15 is 0 Å². The second kappa shape index (κ2) is 8.31. The molecule has 0 fully saturated rings. The van der Waals surface area contributed by atoms with Gasteiger partial charge in [-0.3, -0.25) is 0 Å². The van der Waals surface area contributed by atoms with Gasteiger partial charge in [0.2, 0.25) is 0 Å². The van der Waals surface area contributed by atoms with Gasteiger partial charge in [-0.25, -0.2) is 0 Å². The van der Waals surface area contributed by atoms with Crippen molar-refractivity contribution >= 4 is 0 Å². The van der Waals surface area contributed by atoms with Gasteiger partial charge in [0, 0.05) is 12.6 Å². The van der Waals surface area contributed by atoms with Crippen LogP contribution in [0.15, 0.2) is 24.3 Å². The maximum absolute atomic E-state index is 6.21. The first kappa shape index (κ1) is 16.2. The van der Waals surface area contributed by atoms with E-state index in [-0.39, 0.29) is 18.2 Å². The highest BCUT2D eigenvalue weighted by molar-refractivity contribution is 5.25. The molecule has 3 heteroatoms. The highest BCUT2D eigenvalue weighted by Gasteiger charge is 2.21. The van der Waals surface area contributed by atoms with Gasteiger partial charge in [0.15, 0.2) is 0 Å². The molecule has 0 saturated carbocycles. The van der Waals surface area contributed by atoms with Gasteiger partial charge in [-0.1, -0.05) is 36.8 Å². The first-order chi connectivity index (χ1) is 9.08. The molecule has 0 aromatic heterocycles. The summed E-state index contributed by atoms with van der Waals surface area (Å²) in [4.78, 5) is 0. The Hall–Kier alpha value is -0.900. The monoisotopic (exact) mass is 265 g/mol. The van der Waals surface area contributed by atoms with E-state index in [4.69, 9.17) is 15.2 Å². The minimum absolute atomic E-state index is 0.00544. The van der Waals surface area contributed by atoms with Gasteiger partial charge in [-0.05, 0) is 32.8 Å². The number of benzene rings is 1. The van der Waals surface area contributed by atoms with Crippen molar-refractivity contribution < 1.29 is 9.47 Å². The van der Waals surface area contributed by atoms with Gasteiger partial charge >= 0.3 is 0 Å². The van der Waals surface area contributed by atoms with Crippen LogP contribution in [0.25, 0.3) is 0 Å². The second-order valence-electron chi connectivity index (χ2n) is 5.01. The van der Waals surface area contributed by atoms with Crippen molar-refractivity contribution in [3.8, 4) is 0 Å². The fourth-order valence-electron chi connectivity index (χ4n) is 2.06. The topological polar surface area (TPSA) is 44.5 Å². The quantitative estimate of drug-likeness (QED) is 0.785. The van der Waals surface area contributed by atoms with Crippen LogP contribution >= 0.6 is 0 Å². The Labute approximate surface area is 117 Å². The van der Waals surface area contributed by atoms with Crippen molar-refractivity contribution in [2.45, 2.75) is 52.4 Å². The van der Waals surface area contributed by atoms with Crippen LogP contribution < -0.4 is 5.73 Å². The SMILES string of the molecule is CCOCC(C)OC(c1cccc(C)c1)C(N)CC. The molecule has 0 aliphatic heterocycles. The molecule has 0 saturated heterocycles. The number of rotatable bonds is 8. The molecule has 0 aliphatic carbocycles. The second-order valence-corrected chi connectivity index (χ2v) is 5.01. The zero-order chi connectivity index (χ0) is 14.3. The molecule has 3 atom stereocenters. The summed E-state index contributed by atoms with van der Waals surface area (Å²) in [5.74, 6) is 0. The number of nitrogens with two attached hydrogens (primary N) is 1. The first-order valence-corrected chi connectivity index (χ1v) is 7.13. The summed E-state index contributed by atoms with van der Waals surface area (Å²) in [7, 11) is 0. The maximum atomic E-state index is 6.21. The summed E-state index contributed by atoms with van der Waals surface area (Å²) in [6, 6.07) is 8.37. The summed E-state index contributed by atoms with van der Waals surface area (Å²) < 4.78 is 11.5. The third-order valence-electron chi connectivity index (χ3n) is 3.17. The average Bonchev–Trinajstić information content (AvgIpc) is 2.41. The molecule has 1 rings (SSSR count). The Balaban J connectivity index is 2.77. The fourth-order valence-corrected chi connectivity index (χ4v) is 2.06. The minimum Gasteiger partial charge on any atom is -0.379 e. The van der Waals surface area contributed by atoms with Crippen LogP contribution in [-0.2, 0) is 9.47 Å². The van der Waals surface area contributed by atoms with Crippen molar-refractivity contribution in [1.82, 2.24) is 0 Å². The molecular weight excluding hydrogens is 238 g/mol. The molecule has 108 valence electrons. The lowest BCUT2D eigenvalue weighted by molar-refractivity contribution is -0.0574. The molecule has 0 spiro atoms. The summed E-state index contributed by atoms with van der Waals surface area (Å²) in [6.45, 7) is 9.51. The fraction of sp³-hybridized carbons (Fsp3) is 0.625. The predicted octanol–water partition coefficient (Wildman–Crippen LogP) is 3.22. The number of hydrogen-bond donors (Lipinski definition) is 1. The first-order valence-electron chi connectivity index (χ1n) is 7.13. The van der Waals surface area contributed by atoms with Crippen molar-refractivity contribution in [1.29, 1.82) is 0 Å². The third-order valence-corrected chi connectivity index (χ3v) is 3.17. The van der Waals surface area contributed by atoms with Crippen LogP contribution in [0, 0.1) is 6.92 Å². The van der Waals surface area contributed by atoms with E-state index in [1.165, 1.54) is 5.56 Å². The molecule has 1 aromatic rings. The summed E-state index contributed by atoms with van der Waals surface area (Å²) in [6.07, 6.45) is 0.864. The smallest absolute Gasteiger partial charge is 0.0980 e.